The second-order valence-corrected chi connectivity index (χ2v) is 6.07. The molecule has 0 amide bonds. The molecule has 0 saturated carbocycles. The number of nitrogens with one attached hydrogen (secondary N) is 1. The fourth-order valence-electron chi connectivity index (χ4n) is 3.18. The highest BCUT2D eigenvalue weighted by molar-refractivity contribution is 14.0. The van der Waals surface area contributed by atoms with Crippen molar-refractivity contribution < 1.29 is 4.74 Å². The van der Waals surface area contributed by atoms with Crippen molar-refractivity contribution in [2.24, 2.45) is 10.7 Å². The quantitative estimate of drug-likeness (QED) is 0.355. The van der Waals surface area contributed by atoms with E-state index in [1.807, 2.05) is 36.4 Å². The Kier molecular flexibility index (Phi) is 5.92. The molecule has 0 radical (unpaired) electrons. The molecular weight excluding hydrogens is 439 g/mol. The van der Waals surface area contributed by atoms with Gasteiger partial charge in [0.1, 0.15) is 5.75 Å². The molecule has 5 nitrogen and oxygen atoms in total. The van der Waals surface area contributed by atoms with E-state index < -0.39 is 0 Å². The summed E-state index contributed by atoms with van der Waals surface area (Å²) in [5.41, 5.74) is 9.29. The van der Waals surface area contributed by atoms with Crippen molar-refractivity contribution in [2.75, 3.05) is 6.61 Å². The summed E-state index contributed by atoms with van der Waals surface area (Å²) < 4.78 is 5.68. The Balaban J connectivity index is 0.00000196. The van der Waals surface area contributed by atoms with Gasteiger partial charge in [0, 0.05) is 23.6 Å². The molecule has 26 heavy (non-hydrogen) atoms. The van der Waals surface area contributed by atoms with E-state index in [1.54, 1.807) is 6.20 Å². The van der Waals surface area contributed by atoms with Crippen molar-refractivity contribution in [3.63, 3.8) is 0 Å². The summed E-state index contributed by atoms with van der Waals surface area (Å²) in [7, 11) is 0. The van der Waals surface area contributed by atoms with E-state index in [4.69, 9.17) is 10.5 Å². The third-order valence-electron chi connectivity index (χ3n) is 4.42. The van der Waals surface area contributed by atoms with Gasteiger partial charge in [-0.25, -0.2) is 4.99 Å². The fraction of sp³-hybridized carbons (Fsp3) is 0.200. The van der Waals surface area contributed by atoms with E-state index in [2.05, 4.69) is 33.5 Å². The van der Waals surface area contributed by atoms with E-state index >= 15 is 0 Å². The summed E-state index contributed by atoms with van der Waals surface area (Å²) in [6.45, 7) is 1.17. The van der Waals surface area contributed by atoms with Crippen molar-refractivity contribution in [1.29, 1.82) is 0 Å². The fourth-order valence-corrected chi connectivity index (χ4v) is 3.18. The van der Waals surface area contributed by atoms with Crippen molar-refractivity contribution in [1.82, 2.24) is 10.3 Å². The highest BCUT2D eigenvalue weighted by atomic mass is 127. The average Bonchev–Trinajstić information content (AvgIpc) is 2.66. The molecule has 0 saturated heterocycles. The van der Waals surface area contributed by atoms with Crippen LogP contribution in [0.3, 0.4) is 0 Å². The highest BCUT2D eigenvalue weighted by Crippen LogP contribution is 2.31. The maximum absolute atomic E-state index is 6.13. The molecular formula is C20H21IN4O. The molecule has 1 unspecified atom stereocenters. The van der Waals surface area contributed by atoms with E-state index in [9.17, 15) is 0 Å². The number of hydrogen-bond acceptors (Lipinski definition) is 3. The maximum Gasteiger partial charge on any atom is 0.189 e. The molecule has 0 aliphatic carbocycles. The molecule has 2 heterocycles. The number of hydrogen-bond donors (Lipinski definition) is 2. The Bertz CT molecular complexity index is 923. The lowest BCUT2D eigenvalue weighted by molar-refractivity contribution is 0.262. The predicted molar refractivity (Wildman–Crippen MR) is 115 cm³/mol. The van der Waals surface area contributed by atoms with Gasteiger partial charge in [0.25, 0.3) is 0 Å². The number of rotatable bonds is 3. The van der Waals surface area contributed by atoms with Crippen LogP contribution >= 0.6 is 24.0 Å². The van der Waals surface area contributed by atoms with Crippen LogP contribution in [0.5, 0.6) is 5.75 Å². The highest BCUT2D eigenvalue weighted by Gasteiger charge is 2.21. The molecule has 2 aromatic carbocycles. The Morgan fingerprint density at radius 2 is 2.00 bits per heavy atom. The minimum absolute atomic E-state index is 0. The number of nitrogens with zero attached hydrogens (tertiary/aromatic N) is 2. The number of aromatic nitrogens is 1. The predicted octanol–water partition coefficient (Wildman–Crippen LogP) is 3.78. The Hall–Kier alpha value is -2.35. The van der Waals surface area contributed by atoms with Gasteiger partial charge in [-0.15, -0.1) is 24.0 Å². The molecule has 1 aromatic heterocycles. The van der Waals surface area contributed by atoms with Gasteiger partial charge in [-0.1, -0.05) is 42.5 Å². The maximum atomic E-state index is 6.13. The zero-order valence-corrected chi connectivity index (χ0v) is 16.6. The summed E-state index contributed by atoms with van der Waals surface area (Å²) in [6.07, 6.45) is 2.67. The first-order valence-electron chi connectivity index (χ1n) is 8.42. The summed E-state index contributed by atoms with van der Waals surface area (Å²) in [4.78, 5) is 8.97. The molecule has 0 spiro atoms. The largest absolute Gasteiger partial charge is 0.493 e. The van der Waals surface area contributed by atoms with Gasteiger partial charge in [0.05, 0.1) is 24.7 Å². The standard InChI is InChI=1S/C20H20N4O.HI/c21-20(24-17-10-12-25-18-9-2-1-8-16(17)18)23-13-15-6-3-5-14-7-4-11-22-19(14)15;/h1-9,11,17H,10,12-13H2,(H3,21,23,24);1H. The number of pyridine rings is 1. The first kappa shape index (κ1) is 18.4. The number of aliphatic imine (C=N–C) groups is 1. The van der Waals surface area contributed by atoms with Crippen LogP contribution in [0.25, 0.3) is 10.9 Å². The number of para-hydroxylation sites is 2. The summed E-state index contributed by atoms with van der Waals surface area (Å²) in [6, 6.07) is 18.3. The third-order valence-corrected chi connectivity index (χ3v) is 4.42. The number of halogens is 1. The second-order valence-electron chi connectivity index (χ2n) is 6.07. The Morgan fingerprint density at radius 1 is 1.15 bits per heavy atom. The van der Waals surface area contributed by atoms with E-state index in [0.717, 1.165) is 34.2 Å². The molecule has 3 aromatic rings. The van der Waals surface area contributed by atoms with Gasteiger partial charge >= 0.3 is 0 Å². The van der Waals surface area contributed by atoms with Crippen LogP contribution in [0, 0.1) is 0 Å². The van der Waals surface area contributed by atoms with Gasteiger partial charge in [-0.05, 0) is 17.7 Å². The van der Waals surface area contributed by atoms with Crippen LogP contribution in [0.4, 0.5) is 0 Å². The monoisotopic (exact) mass is 460 g/mol. The van der Waals surface area contributed by atoms with Crippen molar-refractivity contribution in [3.05, 3.63) is 71.9 Å². The second kappa shape index (κ2) is 8.35. The lowest BCUT2D eigenvalue weighted by Crippen LogP contribution is -2.37. The smallest absolute Gasteiger partial charge is 0.189 e. The third kappa shape index (κ3) is 3.90. The number of guanidine groups is 1. The Morgan fingerprint density at radius 3 is 2.92 bits per heavy atom. The van der Waals surface area contributed by atoms with E-state index in [-0.39, 0.29) is 30.0 Å². The summed E-state index contributed by atoms with van der Waals surface area (Å²) in [5.74, 6) is 1.35. The molecule has 1 atom stereocenters. The van der Waals surface area contributed by atoms with Crippen LogP contribution in [-0.2, 0) is 6.54 Å². The first-order valence-corrected chi connectivity index (χ1v) is 8.42. The number of ether oxygens (including phenoxy) is 1. The van der Waals surface area contributed by atoms with Crippen LogP contribution in [-0.4, -0.2) is 17.6 Å². The first-order chi connectivity index (χ1) is 12.3. The number of nitrogens with two attached hydrogens (primary N) is 1. The average molecular weight is 460 g/mol. The molecule has 1 aliphatic rings. The minimum atomic E-state index is 0. The lowest BCUT2D eigenvalue weighted by atomic mass is 10.0. The molecule has 0 fully saturated rings. The summed E-state index contributed by atoms with van der Waals surface area (Å²) in [5, 5.41) is 4.43. The summed E-state index contributed by atoms with van der Waals surface area (Å²) >= 11 is 0. The molecule has 1 aliphatic heterocycles. The van der Waals surface area contributed by atoms with Gasteiger partial charge in [0.2, 0.25) is 0 Å². The Labute approximate surface area is 169 Å². The van der Waals surface area contributed by atoms with Crippen LogP contribution in [0.1, 0.15) is 23.6 Å². The molecule has 4 rings (SSSR count). The van der Waals surface area contributed by atoms with E-state index in [0.29, 0.717) is 19.1 Å². The minimum Gasteiger partial charge on any atom is -0.493 e. The molecule has 0 bridgehead atoms. The van der Waals surface area contributed by atoms with Crippen LogP contribution in [0.2, 0.25) is 0 Å². The van der Waals surface area contributed by atoms with Gasteiger partial charge in [0.15, 0.2) is 5.96 Å². The van der Waals surface area contributed by atoms with Crippen molar-refractivity contribution in [3.8, 4) is 5.75 Å². The zero-order chi connectivity index (χ0) is 17.1. The van der Waals surface area contributed by atoms with E-state index in [1.165, 1.54) is 0 Å². The SMILES string of the molecule is I.NC(=NCc1cccc2cccnc12)NC1CCOc2ccccc21. The normalized spacial score (nSPS) is 16.3. The number of fused-ring (bicyclic) bond motifs is 2. The lowest BCUT2D eigenvalue weighted by Gasteiger charge is -2.26. The van der Waals surface area contributed by atoms with Gasteiger partial charge in [-0.3, -0.25) is 4.98 Å². The molecule has 134 valence electrons. The molecule has 3 N–H and O–H groups in total. The van der Waals surface area contributed by atoms with Crippen LogP contribution in [0.15, 0.2) is 65.8 Å². The van der Waals surface area contributed by atoms with Crippen molar-refractivity contribution in [2.45, 2.75) is 19.0 Å². The topological polar surface area (TPSA) is 72.5 Å². The van der Waals surface area contributed by atoms with Gasteiger partial charge in [-0.2, -0.15) is 0 Å². The number of benzene rings is 2. The zero-order valence-electron chi connectivity index (χ0n) is 14.3. The molecule has 6 heteroatoms. The van der Waals surface area contributed by atoms with Crippen molar-refractivity contribution >= 4 is 40.8 Å². The van der Waals surface area contributed by atoms with Crippen LogP contribution < -0.4 is 15.8 Å². The van der Waals surface area contributed by atoms with Gasteiger partial charge < -0.3 is 15.8 Å².